The number of amides is 1. The van der Waals surface area contributed by atoms with Crippen LogP contribution in [0.25, 0.3) is 0 Å². The Morgan fingerprint density at radius 1 is 0.943 bits per heavy atom. The lowest BCUT2D eigenvalue weighted by Crippen LogP contribution is -2.52. The monoisotopic (exact) mass is 519 g/mol. The van der Waals surface area contributed by atoms with Crippen molar-refractivity contribution in [2.45, 2.75) is 25.1 Å². The highest BCUT2D eigenvalue weighted by Crippen LogP contribution is 2.33. The highest BCUT2D eigenvalue weighted by atomic mass is 35.5. The largest absolute Gasteiger partial charge is 0.454 e. The maximum atomic E-state index is 13.3. The van der Waals surface area contributed by atoms with Gasteiger partial charge in [-0.15, -0.1) is 0 Å². The molecule has 2 saturated heterocycles. The molecule has 10 heteroatoms. The molecule has 188 valence electrons. The molecule has 3 aliphatic heterocycles. The van der Waals surface area contributed by atoms with E-state index in [0.717, 1.165) is 43.1 Å². The SMILES string of the molecule is O=C([C@@H]1CCCN(S(=O)(=O)Cc2ccc(Cl)cc2)C1)N1CCN(Cc2ccc3c(c2)OCO3)CC1. The summed E-state index contributed by atoms with van der Waals surface area (Å²) in [5, 5.41) is 0.575. The summed E-state index contributed by atoms with van der Waals surface area (Å²) < 4.78 is 38.4. The number of piperazine rings is 1. The molecule has 3 aliphatic rings. The lowest BCUT2D eigenvalue weighted by atomic mass is 9.97. The van der Waals surface area contributed by atoms with E-state index in [1.54, 1.807) is 24.3 Å². The van der Waals surface area contributed by atoms with Crippen LogP contribution in [0.2, 0.25) is 5.02 Å². The number of nitrogens with zero attached hydrogens (tertiary/aromatic N) is 3. The average molecular weight is 520 g/mol. The Balaban J connectivity index is 1.14. The van der Waals surface area contributed by atoms with Gasteiger partial charge in [0.1, 0.15) is 0 Å². The Kier molecular flexibility index (Phi) is 7.20. The second kappa shape index (κ2) is 10.3. The number of carbonyl (C=O) groups is 1. The van der Waals surface area contributed by atoms with Gasteiger partial charge in [-0.2, -0.15) is 0 Å². The first-order chi connectivity index (χ1) is 16.9. The summed E-state index contributed by atoms with van der Waals surface area (Å²) in [5.41, 5.74) is 1.85. The van der Waals surface area contributed by atoms with Crippen molar-refractivity contribution in [2.75, 3.05) is 46.1 Å². The van der Waals surface area contributed by atoms with E-state index < -0.39 is 10.0 Å². The lowest BCUT2D eigenvalue weighted by Gasteiger charge is -2.38. The van der Waals surface area contributed by atoms with E-state index in [1.165, 1.54) is 4.31 Å². The zero-order valence-corrected chi connectivity index (χ0v) is 21.1. The predicted molar refractivity (Wildman–Crippen MR) is 133 cm³/mol. The van der Waals surface area contributed by atoms with Crippen molar-refractivity contribution in [1.29, 1.82) is 0 Å². The zero-order valence-electron chi connectivity index (χ0n) is 19.6. The van der Waals surface area contributed by atoms with Crippen molar-refractivity contribution in [2.24, 2.45) is 5.92 Å². The summed E-state index contributed by atoms with van der Waals surface area (Å²) in [7, 11) is -3.50. The van der Waals surface area contributed by atoms with Gasteiger partial charge in [-0.05, 0) is 48.2 Å². The minimum absolute atomic E-state index is 0.0686. The zero-order chi connectivity index (χ0) is 24.4. The molecule has 0 radical (unpaired) electrons. The van der Waals surface area contributed by atoms with Crippen LogP contribution in [0.5, 0.6) is 11.5 Å². The molecule has 2 aromatic rings. The Morgan fingerprint density at radius 3 is 2.43 bits per heavy atom. The number of fused-ring (bicyclic) bond motifs is 1. The number of piperidine rings is 1. The van der Waals surface area contributed by atoms with Gasteiger partial charge in [0.15, 0.2) is 11.5 Å². The molecule has 5 rings (SSSR count). The third-order valence-corrected chi connectivity index (χ3v) is 8.98. The molecule has 2 aromatic carbocycles. The van der Waals surface area contributed by atoms with Gasteiger partial charge in [0.05, 0.1) is 11.7 Å². The molecule has 8 nitrogen and oxygen atoms in total. The van der Waals surface area contributed by atoms with Crippen LogP contribution in [0.3, 0.4) is 0 Å². The van der Waals surface area contributed by atoms with Crippen LogP contribution in [0.15, 0.2) is 42.5 Å². The predicted octanol–water partition coefficient (Wildman–Crippen LogP) is 2.95. The van der Waals surface area contributed by atoms with Crippen LogP contribution in [0.1, 0.15) is 24.0 Å². The van der Waals surface area contributed by atoms with Gasteiger partial charge in [-0.25, -0.2) is 12.7 Å². The van der Waals surface area contributed by atoms with E-state index >= 15 is 0 Å². The Bertz CT molecular complexity index is 1170. The highest BCUT2D eigenvalue weighted by Gasteiger charge is 2.35. The fourth-order valence-corrected chi connectivity index (χ4v) is 6.70. The molecule has 0 aliphatic carbocycles. The minimum Gasteiger partial charge on any atom is -0.454 e. The Labute approximate surface area is 211 Å². The van der Waals surface area contributed by atoms with Crippen molar-refractivity contribution in [3.8, 4) is 11.5 Å². The summed E-state index contributed by atoms with van der Waals surface area (Å²) in [6.07, 6.45) is 1.42. The topological polar surface area (TPSA) is 79.4 Å². The molecule has 0 bridgehead atoms. The number of ether oxygens (including phenoxy) is 2. The fourth-order valence-electron chi connectivity index (χ4n) is 4.96. The molecule has 1 atom stereocenters. The van der Waals surface area contributed by atoms with Crippen LogP contribution in [-0.4, -0.2) is 74.5 Å². The maximum absolute atomic E-state index is 13.3. The van der Waals surface area contributed by atoms with Gasteiger partial charge in [0.2, 0.25) is 22.7 Å². The highest BCUT2D eigenvalue weighted by molar-refractivity contribution is 7.88. The van der Waals surface area contributed by atoms with Gasteiger partial charge in [0, 0.05) is 50.8 Å². The van der Waals surface area contributed by atoms with E-state index in [9.17, 15) is 13.2 Å². The number of carbonyl (C=O) groups excluding carboxylic acids is 1. The van der Waals surface area contributed by atoms with Crippen LogP contribution in [0, 0.1) is 5.92 Å². The molecule has 1 amide bonds. The van der Waals surface area contributed by atoms with E-state index in [2.05, 4.69) is 4.90 Å². The number of hydrogen-bond acceptors (Lipinski definition) is 6. The summed E-state index contributed by atoms with van der Waals surface area (Å²) in [6.45, 7) is 4.64. The molecular weight excluding hydrogens is 490 g/mol. The van der Waals surface area contributed by atoms with Gasteiger partial charge < -0.3 is 14.4 Å². The van der Waals surface area contributed by atoms with E-state index in [4.69, 9.17) is 21.1 Å². The molecule has 0 N–H and O–H groups in total. The van der Waals surface area contributed by atoms with Gasteiger partial charge in [-0.3, -0.25) is 9.69 Å². The summed E-state index contributed by atoms with van der Waals surface area (Å²) in [6, 6.07) is 12.9. The van der Waals surface area contributed by atoms with Crippen molar-refractivity contribution < 1.29 is 22.7 Å². The third-order valence-electron chi connectivity index (χ3n) is 6.92. The van der Waals surface area contributed by atoms with E-state index in [-0.39, 0.29) is 30.9 Å². The molecule has 0 unspecified atom stereocenters. The van der Waals surface area contributed by atoms with Crippen molar-refractivity contribution >= 4 is 27.5 Å². The molecule has 35 heavy (non-hydrogen) atoms. The normalized spacial score (nSPS) is 21.3. The molecule has 0 spiro atoms. The first kappa shape index (κ1) is 24.4. The average Bonchev–Trinajstić information content (AvgIpc) is 3.33. The number of sulfonamides is 1. The van der Waals surface area contributed by atoms with Crippen LogP contribution in [-0.2, 0) is 27.1 Å². The van der Waals surface area contributed by atoms with Crippen molar-refractivity contribution in [3.05, 3.63) is 58.6 Å². The molecule has 2 fully saturated rings. The van der Waals surface area contributed by atoms with Crippen molar-refractivity contribution in [1.82, 2.24) is 14.1 Å². The minimum atomic E-state index is -3.50. The Hall–Kier alpha value is -2.33. The number of halogens is 1. The summed E-state index contributed by atoms with van der Waals surface area (Å²) in [4.78, 5) is 17.5. The summed E-state index contributed by atoms with van der Waals surface area (Å²) >= 11 is 5.91. The van der Waals surface area contributed by atoms with Crippen molar-refractivity contribution in [3.63, 3.8) is 0 Å². The van der Waals surface area contributed by atoms with Gasteiger partial charge in [-0.1, -0.05) is 29.8 Å². The third kappa shape index (κ3) is 5.74. The fraction of sp³-hybridized carbons (Fsp3) is 0.480. The Morgan fingerprint density at radius 2 is 1.66 bits per heavy atom. The van der Waals surface area contributed by atoms with Crippen LogP contribution >= 0.6 is 11.6 Å². The molecule has 0 aromatic heterocycles. The summed E-state index contributed by atoms with van der Waals surface area (Å²) in [5.74, 6) is 1.26. The number of benzene rings is 2. The van der Waals surface area contributed by atoms with Crippen LogP contribution < -0.4 is 9.47 Å². The van der Waals surface area contributed by atoms with Crippen LogP contribution in [0.4, 0.5) is 0 Å². The first-order valence-corrected chi connectivity index (χ1v) is 14.0. The lowest BCUT2D eigenvalue weighted by molar-refractivity contribution is -0.138. The molecule has 0 saturated carbocycles. The first-order valence-electron chi connectivity index (χ1n) is 12.0. The second-order valence-corrected chi connectivity index (χ2v) is 11.8. The number of hydrogen-bond donors (Lipinski definition) is 0. The van der Waals surface area contributed by atoms with E-state index in [1.807, 2.05) is 23.1 Å². The standard InChI is InChI=1S/C25H30ClN3O5S/c26-22-6-3-19(4-7-22)17-35(31,32)29-9-1-2-21(16-29)25(30)28-12-10-27(11-13-28)15-20-5-8-23-24(14-20)34-18-33-23/h3-8,14,21H,1-2,9-13,15-18H2/t21-/m1/s1. The smallest absolute Gasteiger partial charge is 0.231 e. The van der Waals surface area contributed by atoms with Gasteiger partial charge in [0.25, 0.3) is 0 Å². The van der Waals surface area contributed by atoms with E-state index in [0.29, 0.717) is 36.6 Å². The number of rotatable bonds is 6. The van der Waals surface area contributed by atoms with Gasteiger partial charge >= 0.3 is 0 Å². The second-order valence-electron chi connectivity index (χ2n) is 9.37. The maximum Gasteiger partial charge on any atom is 0.231 e. The molecular formula is C25H30ClN3O5S. The quantitative estimate of drug-likeness (QED) is 0.584. The molecule has 3 heterocycles.